The topological polar surface area (TPSA) is 101 Å². The first-order valence-corrected chi connectivity index (χ1v) is 9.66. The molecule has 0 unspecified atom stereocenters. The van der Waals surface area contributed by atoms with Crippen molar-refractivity contribution in [3.05, 3.63) is 58.8 Å². The second kappa shape index (κ2) is 7.89. The fraction of sp³-hybridized carbons (Fsp3) is 0.435. The number of hydrogen-bond acceptors (Lipinski definition) is 5. The van der Waals surface area contributed by atoms with E-state index >= 15 is 0 Å². The van der Waals surface area contributed by atoms with Gasteiger partial charge < -0.3 is 5.73 Å². The highest BCUT2D eigenvalue weighted by molar-refractivity contribution is 5.56. The van der Waals surface area contributed by atoms with Gasteiger partial charge in [-0.1, -0.05) is 50.3 Å². The lowest BCUT2D eigenvalue weighted by Gasteiger charge is -2.46. The van der Waals surface area contributed by atoms with Gasteiger partial charge in [0.05, 0.1) is 23.4 Å². The molecule has 1 aromatic rings. The van der Waals surface area contributed by atoms with Crippen molar-refractivity contribution in [2.45, 2.75) is 26.8 Å². The van der Waals surface area contributed by atoms with Crippen LogP contribution in [0.2, 0.25) is 0 Å². The van der Waals surface area contributed by atoms with Crippen LogP contribution in [-0.4, -0.2) is 18.0 Å². The minimum atomic E-state index is -1.45. The molecule has 0 radical (unpaired) electrons. The van der Waals surface area contributed by atoms with Crippen molar-refractivity contribution in [1.82, 2.24) is 4.90 Å². The number of nitrogens with zero attached hydrogens (tertiary/aromatic N) is 4. The minimum Gasteiger partial charge on any atom is -0.399 e. The van der Waals surface area contributed by atoms with Crippen LogP contribution in [0.4, 0.5) is 0 Å². The van der Waals surface area contributed by atoms with Gasteiger partial charge in [0.2, 0.25) is 0 Å². The van der Waals surface area contributed by atoms with Gasteiger partial charge in [0.15, 0.2) is 5.41 Å². The molecule has 3 rings (SSSR count). The second-order valence-corrected chi connectivity index (χ2v) is 8.11. The highest BCUT2D eigenvalue weighted by atomic mass is 15.1. The molecule has 28 heavy (non-hydrogen) atoms. The first-order chi connectivity index (χ1) is 13.5. The molecule has 0 fully saturated rings. The normalized spacial score (nSPS) is 23.9. The number of benzene rings is 1. The summed E-state index contributed by atoms with van der Waals surface area (Å²) in [5.41, 5.74) is 7.42. The molecule has 1 aliphatic carbocycles. The van der Waals surface area contributed by atoms with Crippen LogP contribution in [0.5, 0.6) is 0 Å². The average Bonchev–Trinajstić information content (AvgIpc) is 2.70. The maximum absolute atomic E-state index is 9.97. The van der Waals surface area contributed by atoms with Crippen LogP contribution in [0, 0.1) is 57.2 Å². The first kappa shape index (κ1) is 19.7. The molecule has 2 N–H and O–H groups in total. The molecular weight excluding hydrogens is 346 g/mol. The molecular formula is C23H25N5. The molecule has 0 bridgehead atoms. The van der Waals surface area contributed by atoms with E-state index in [0.717, 1.165) is 18.7 Å². The summed E-state index contributed by atoms with van der Waals surface area (Å²) in [4.78, 5) is 2.31. The van der Waals surface area contributed by atoms with Gasteiger partial charge in [-0.3, -0.25) is 4.90 Å². The second-order valence-electron chi connectivity index (χ2n) is 8.11. The maximum Gasteiger partial charge on any atom is 0.187 e. The van der Waals surface area contributed by atoms with Crippen LogP contribution in [0.3, 0.4) is 0 Å². The Morgan fingerprint density at radius 1 is 1.18 bits per heavy atom. The number of hydrogen-bond donors (Lipinski definition) is 1. The highest BCUT2D eigenvalue weighted by Gasteiger charge is 2.53. The lowest BCUT2D eigenvalue weighted by molar-refractivity contribution is 0.145. The third kappa shape index (κ3) is 3.29. The van der Waals surface area contributed by atoms with Crippen LogP contribution in [0.25, 0.3) is 0 Å². The summed E-state index contributed by atoms with van der Waals surface area (Å²) in [6.07, 6.45) is 2.77. The van der Waals surface area contributed by atoms with Crippen molar-refractivity contribution >= 4 is 0 Å². The van der Waals surface area contributed by atoms with E-state index in [4.69, 9.17) is 5.73 Å². The summed E-state index contributed by atoms with van der Waals surface area (Å²) in [6.45, 7) is 6.41. The number of nitriles is 3. The van der Waals surface area contributed by atoms with Crippen molar-refractivity contribution in [2.75, 3.05) is 13.1 Å². The van der Waals surface area contributed by atoms with Crippen molar-refractivity contribution in [3.8, 4) is 18.2 Å². The van der Waals surface area contributed by atoms with Crippen molar-refractivity contribution in [2.24, 2.45) is 28.9 Å². The summed E-state index contributed by atoms with van der Waals surface area (Å²) in [5.74, 6) is 0.0267. The van der Waals surface area contributed by atoms with Crippen LogP contribution >= 0.6 is 0 Å². The number of nitrogens with two attached hydrogens (primary N) is 1. The van der Waals surface area contributed by atoms with Crippen molar-refractivity contribution in [3.63, 3.8) is 0 Å². The molecule has 1 aliphatic heterocycles. The van der Waals surface area contributed by atoms with E-state index in [9.17, 15) is 15.8 Å². The number of rotatable bonds is 4. The summed E-state index contributed by atoms with van der Waals surface area (Å²) < 4.78 is 0. The Labute approximate surface area is 167 Å². The smallest absolute Gasteiger partial charge is 0.187 e. The van der Waals surface area contributed by atoms with E-state index in [2.05, 4.69) is 55.2 Å². The fourth-order valence-corrected chi connectivity index (χ4v) is 4.57. The molecule has 1 aromatic carbocycles. The Morgan fingerprint density at radius 3 is 2.43 bits per heavy atom. The zero-order valence-corrected chi connectivity index (χ0v) is 16.4. The molecule has 0 spiro atoms. The lowest BCUT2D eigenvalue weighted by atomic mass is 9.58. The van der Waals surface area contributed by atoms with E-state index in [-0.39, 0.29) is 17.5 Å². The predicted molar refractivity (Wildman–Crippen MR) is 107 cm³/mol. The number of fused-ring (bicyclic) bond motifs is 1. The fourth-order valence-electron chi connectivity index (χ4n) is 4.57. The van der Waals surface area contributed by atoms with Crippen LogP contribution in [-0.2, 0) is 6.54 Å². The van der Waals surface area contributed by atoms with Gasteiger partial charge >= 0.3 is 0 Å². The van der Waals surface area contributed by atoms with Gasteiger partial charge in [-0.2, -0.15) is 15.8 Å². The van der Waals surface area contributed by atoms with Crippen molar-refractivity contribution in [1.29, 1.82) is 15.8 Å². The predicted octanol–water partition coefficient (Wildman–Crippen LogP) is 3.49. The molecule has 0 saturated carbocycles. The lowest BCUT2D eigenvalue weighted by Crippen LogP contribution is -2.49. The van der Waals surface area contributed by atoms with Gasteiger partial charge in [-0.05, 0) is 23.5 Å². The van der Waals surface area contributed by atoms with E-state index < -0.39 is 5.41 Å². The highest BCUT2D eigenvalue weighted by Crippen LogP contribution is 2.51. The van der Waals surface area contributed by atoms with Gasteiger partial charge in [-0.15, -0.1) is 0 Å². The van der Waals surface area contributed by atoms with E-state index in [1.807, 2.05) is 18.2 Å². The Morgan fingerprint density at radius 2 is 1.86 bits per heavy atom. The largest absolute Gasteiger partial charge is 0.399 e. The summed E-state index contributed by atoms with van der Waals surface area (Å²) in [7, 11) is 0. The Hall–Kier alpha value is -3.07. The first-order valence-electron chi connectivity index (χ1n) is 9.66. The Bertz CT molecular complexity index is 906. The van der Waals surface area contributed by atoms with Crippen molar-refractivity contribution < 1.29 is 0 Å². The Balaban J connectivity index is 2.04. The molecule has 2 atom stereocenters. The molecule has 142 valence electrons. The third-order valence-electron chi connectivity index (χ3n) is 5.89. The number of allylic oxidation sites excluding steroid dienone is 2. The average molecular weight is 371 g/mol. The van der Waals surface area contributed by atoms with Gasteiger partial charge in [-0.25, -0.2) is 0 Å². The van der Waals surface area contributed by atoms with Crippen LogP contribution in [0.15, 0.2) is 53.3 Å². The molecule has 5 nitrogen and oxygen atoms in total. The van der Waals surface area contributed by atoms with Crippen LogP contribution < -0.4 is 5.73 Å². The maximum atomic E-state index is 9.97. The molecule has 0 saturated heterocycles. The molecule has 0 aromatic heterocycles. The van der Waals surface area contributed by atoms with Gasteiger partial charge in [0, 0.05) is 31.5 Å². The van der Waals surface area contributed by atoms with Gasteiger partial charge in [0.1, 0.15) is 6.07 Å². The standard InChI is InChI=1S/C23H25N5/c1-16(2)10-21-20-13-28(12-17-6-4-3-5-7-17)9-8-18(20)19(11-24)22(27)23(21,14-25)15-26/h3-8,16,20-21H,9-10,12-13,27H2,1-2H3/t20-,21+/m1/s1. The monoisotopic (exact) mass is 371 g/mol. The van der Waals surface area contributed by atoms with E-state index in [0.29, 0.717) is 24.5 Å². The summed E-state index contributed by atoms with van der Waals surface area (Å²) in [6, 6.07) is 16.8. The summed E-state index contributed by atoms with van der Waals surface area (Å²) in [5, 5.41) is 29.7. The zero-order valence-electron chi connectivity index (χ0n) is 16.4. The molecule has 5 heteroatoms. The van der Waals surface area contributed by atoms with Gasteiger partial charge in [0.25, 0.3) is 0 Å². The summed E-state index contributed by atoms with van der Waals surface area (Å²) >= 11 is 0. The minimum absolute atomic E-state index is 0.0545. The third-order valence-corrected chi connectivity index (χ3v) is 5.89. The quantitative estimate of drug-likeness (QED) is 0.873. The van der Waals surface area contributed by atoms with E-state index in [1.54, 1.807) is 0 Å². The zero-order chi connectivity index (χ0) is 20.3. The van der Waals surface area contributed by atoms with E-state index in [1.165, 1.54) is 5.56 Å². The SMILES string of the molecule is CC(C)C[C@H]1[C@@H]2CN(Cc3ccccc3)CC=C2C(C#N)=C(N)C1(C#N)C#N. The Kier molecular flexibility index (Phi) is 5.55. The molecule has 2 aliphatic rings. The molecule has 0 amide bonds. The van der Waals surface area contributed by atoms with Crippen LogP contribution in [0.1, 0.15) is 25.8 Å². The molecule has 1 heterocycles.